The van der Waals surface area contributed by atoms with Crippen molar-refractivity contribution in [3.8, 4) is 5.75 Å². The highest BCUT2D eigenvalue weighted by atomic mass is 127. The van der Waals surface area contributed by atoms with Crippen molar-refractivity contribution in [2.24, 2.45) is 4.99 Å². The van der Waals surface area contributed by atoms with Crippen molar-refractivity contribution in [3.63, 3.8) is 0 Å². The minimum atomic E-state index is 0. The van der Waals surface area contributed by atoms with Gasteiger partial charge in [0.25, 0.3) is 0 Å². The molecule has 1 fully saturated rings. The maximum atomic E-state index is 5.80. The first kappa shape index (κ1) is 26.4. The van der Waals surface area contributed by atoms with Crippen LogP contribution in [0.4, 0.5) is 0 Å². The Hall–Kier alpha value is -1.84. The second-order valence-corrected chi connectivity index (χ2v) is 7.95. The van der Waals surface area contributed by atoms with Crippen LogP contribution in [0.25, 0.3) is 0 Å². The molecule has 0 amide bonds. The van der Waals surface area contributed by atoms with Crippen molar-refractivity contribution in [2.45, 2.75) is 38.4 Å². The lowest BCUT2D eigenvalue weighted by atomic mass is 10.0. The van der Waals surface area contributed by atoms with Crippen LogP contribution < -0.4 is 15.4 Å². The summed E-state index contributed by atoms with van der Waals surface area (Å²) in [5, 5.41) is 7.03. The molecule has 1 saturated heterocycles. The fourth-order valence-electron chi connectivity index (χ4n) is 3.79. The molecular formula is C25H37IN4O2. The Balaban J connectivity index is 0.00000363. The van der Waals surface area contributed by atoms with Crippen LogP contribution in [0.1, 0.15) is 30.4 Å². The molecule has 1 aliphatic rings. The first-order chi connectivity index (χ1) is 15.3. The number of hydrogen-bond donors (Lipinski definition) is 2. The maximum Gasteiger partial charge on any atom is 0.191 e. The monoisotopic (exact) mass is 552 g/mol. The number of aliphatic imine (C=N–C) groups is 1. The summed E-state index contributed by atoms with van der Waals surface area (Å²) in [6, 6.07) is 19.4. The average molecular weight is 553 g/mol. The third-order valence-electron chi connectivity index (χ3n) is 5.52. The van der Waals surface area contributed by atoms with Gasteiger partial charge >= 0.3 is 0 Å². The SMILES string of the molecule is CN=C(NCc1cccc(OCCCOC)c1)NC1CCN(Cc2ccccc2)CC1.I. The van der Waals surface area contributed by atoms with Crippen LogP contribution in [0.15, 0.2) is 59.6 Å². The largest absolute Gasteiger partial charge is 0.493 e. The standard InChI is InChI=1S/C25H36N4O2.HI/c1-26-25(27-19-22-10-6-11-24(18-22)31-17-7-16-30-2)28-23-12-14-29(15-13-23)20-21-8-4-3-5-9-21;/h3-6,8-11,18,23H,7,12-17,19-20H2,1-2H3,(H2,26,27,28);1H. The zero-order chi connectivity index (χ0) is 21.7. The van der Waals surface area contributed by atoms with Crippen molar-refractivity contribution < 1.29 is 9.47 Å². The van der Waals surface area contributed by atoms with Gasteiger partial charge in [0.2, 0.25) is 0 Å². The van der Waals surface area contributed by atoms with Crippen molar-refractivity contribution >= 4 is 29.9 Å². The van der Waals surface area contributed by atoms with Gasteiger partial charge in [-0.05, 0) is 36.1 Å². The van der Waals surface area contributed by atoms with Gasteiger partial charge in [-0.3, -0.25) is 9.89 Å². The molecule has 7 heteroatoms. The molecule has 2 N–H and O–H groups in total. The minimum Gasteiger partial charge on any atom is -0.493 e. The number of ether oxygens (including phenoxy) is 2. The second-order valence-electron chi connectivity index (χ2n) is 7.95. The van der Waals surface area contributed by atoms with Crippen LogP contribution in [0.5, 0.6) is 5.75 Å². The van der Waals surface area contributed by atoms with Gasteiger partial charge in [0.15, 0.2) is 5.96 Å². The number of likely N-dealkylation sites (tertiary alicyclic amines) is 1. The van der Waals surface area contributed by atoms with Gasteiger partial charge in [-0.2, -0.15) is 0 Å². The smallest absolute Gasteiger partial charge is 0.191 e. The van der Waals surface area contributed by atoms with E-state index in [1.54, 1.807) is 7.11 Å². The predicted molar refractivity (Wildman–Crippen MR) is 142 cm³/mol. The molecule has 0 bridgehead atoms. The lowest BCUT2D eigenvalue weighted by molar-refractivity contribution is 0.172. The highest BCUT2D eigenvalue weighted by Crippen LogP contribution is 2.15. The van der Waals surface area contributed by atoms with Crippen molar-refractivity contribution in [1.82, 2.24) is 15.5 Å². The molecule has 0 radical (unpaired) electrons. The lowest BCUT2D eigenvalue weighted by Crippen LogP contribution is -2.48. The molecule has 2 aromatic rings. The van der Waals surface area contributed by atoms with Crippen molar-refractivity contribution in [2.75, 3.05) is 40.5 Å². The van der Waals surface area contributed by atoms with Gasteiger partial charge in [-0.1, -0.05) is 42.5 Å². The molecule has 1 aliphatic heterocycles. The summed E-state index contributed by atoms with van der Waals surface area (Å²) >= 11 is 0. The number of nitrogens with zero attached hydrogens (tertiary/aromatic N) is 2. The van der Waals surface area contributed by atoms with Gasteiger partial charge in [-0.15, -0.1) is 24.0 Å². The molecule has 0 spiro atoms. The number of nitrogens with one attached hydrogen (secondary N) is 2. The quantitative estimate of drug-likeness (QED) is 0.202. The molecule has 0 aliphatic carbocycles. The number of guanidine groups is 1. The number of piperidine rings is 1. The van der Waals surface area contributed by atoms with Crippen molar-refractivity contribution in [3.05, 3.63) is 65.7 Å². The molecule has 0 saturated carbocycles. The molecule has 3 rings (SSSR count). The van der Waals surface area contributed by atoms with Gasteiger partial charge in [0.1, 0.15) is 5.75 Å². The van der Waals surface area contributed by atoms with Crippen LogP contribution in [0.3, 0.4) is 0 Å². The molecule has 1 heterocycles. The van der Waals surface area contributed by atoms with E-state index in [-0.39, 0.29) is 24.0 Å². The molecule has 2 aromatic carbocycles. The maximum absolute atomic E-state index is 5.80. The van der Waals surface area contributed by atoms with Crippen LogP contribution in [0, 0.1) is 0 Å². The third-order valence-corrected chi connectivity index (χ3v) is 5.52. The first-order valence-corrected chi connectivity index (χ1v) is 11.2. The molecule has 0 aromatic heterocycles. The van der Waals surface area contributed by atoms with Gasteiger partial charge < -0.3 is 20.1 Å². The fourth-order valence-corrected chi connectivity index (χ4v) is 3.79. The average Bonchev–Trinajstić information content (AvgIpc) is 2.81. The van der Waals surface area contributed by atoms with Gasteiger partial charge in [0.05, 0.1) is 6.61 Å². The summed E-state index contributed by atoms with van der Waals surface area (Å²) < 4.78 is 10.9. The van der Waals surface area contributed by atoms with Gasteiger partial charge in [-0.25, -0.2) is 0 Å². The number of halogens is 1. The van der Waals surface area contributed by atoms with Crippen LogP contribution in [-0.4, -0.2) is 57.4 Å². The summed E-state index contributed by atoms with van der Waals surface area (Å²) in [6.07, 6.45) is 3.14. The zero-order valence-electron chi connectivity index (χ0n) is 19.3. The Morgan fingerprint density at radius 2 is 1.78 bits per heavy atom. The summed E-state index contributed by atoms with van der Waals surface area (Å²) in [5.74, 6) is 1.75. The summed E-state index contributed by atoms with van der Waals surface area (Å²) in [6.45, 7) is 5.33. The van der Waals surface area contributed by atoms with Gasteiger partial charge in [0, 0.05) is 59.4 Å². The van der Waals surface area contributed by atoms with E-state index in [1.165, 1.54) is 11.1 Å². The Morgan fingerprint density at radius 3 is 2.50 bits per heavy atom. The number of methoxy groups -OCH3 is 1. The molecule has 32 heavy (non-hydrogen) atoms. The minimum absolute atomic E-state index is 0. The third kappa shape index (κ3) is 9.34. The Kier molecular flexibility index (Phi) is 12.4. The van der Waals surface area contributed by atoms with E-state index in [2.05, 4.69) is 63.0 Å². The highest BCUT2D eigenvalue weighted by molar-refractivity contribution is 14.0. The molecule has 176 valence electrons. The topological polar surface area (TPSA) is 58.1 Å². The van der Waals surface area contributed by atoms with E-state index >= 15 is 0 Å². The Bertz CT molecular complexity index is 796. The normalized spacial score (nSPS) is 15.1. The van der Waals surface area contributed by atoms with E-state index in [0.29, 0.717) is 25.8 Å². The first-order valence-electron chi connectivity index (χ1n) is 11.2. The van der Waals surface area contributed by atoms with E-state index in [4.69, 9.17) is 9.47 Å². The van der Waals surface area contributed by atoms with Crippen LogP contribution in [0.2, 0.25) is 0 Å². The Labute approximate surface area is 209 Å². The van der Waals surface area contributed by atoms with E-state index in [1.807, 2.05) is 19.2 Å². The summed E-state index contributed by atoms with van der Waals surface area (Å²) in [4.78, 5) is 6.94. The number of rotatable bonds is 10. The van der Waals surface area contributed by atoms with Crippen LogP contribution in [-0.2, 0) is 17.8 Å². The fraction of sp³-hybridized carbons (Fsp3) is 0.480. The molecule has 0 unspecified atom stereocenters. The van der Waals surface area contributed by atoms with E-state index < -0.39 is 0 Å². The predicted octanol–water partition coefficient (Wildman–Crippen LogP) is 4.05. The van der Waals surface area contributed by atoms with Crippen LogP contribution >= 0.6 is 24.0 Å². The summed E-state index contributed by atoms with van der Waals surface area (Å²) in [5.41, 5.74) is 2.56. The van der Waals surface area contributed by atoms with E-state index in [9.17, 15) is 0 Å². The molecular weight excluding hydrogens is 515 g/mol. The van der Waals surface area contributed by atoms with E-state index in [0.717, 1.165) is 50.6 Å². The Morgan fingerprint density at radius 1 is 1.03 bits per heavy atom. The molecule has 0 atom stereocenters. The number of benzene rings is 2. The lowest BCUT2D eigenvalue weighted by Gasteiger charge is -2.33. The summed E-state index contributed by atoms with van der Waals surface area (Å²) in [7, 11) is 3.54. The second kappa shape index (κ2) is 15.1. The highest BCUT2D eigenvalue weighted by Gasteiger charge is 2.20. The number of hydrogen-bond acceptors (Lipinski definition) is 4. The zero-order valence-corrected chi connectivity index (χ0v) is 21.6. The molecule has 6 nitrogen and oxygen atoms in total. The van der Waals surface area contributed by atoms with Crippen molar-refractivity contribution in [1.29, 1.82) is 0 Å².